The predicted octanol–water partition coefficient (Wildman–Crippen LogP) is 4.80. The van der Waals surface area contributed by atoms with Crippen LogP contribution in [0.15, 0.2) is 45.6 Å². The lowest BCUT2D eigenvalue weighted by atomic mass is 9.98. The molecule has 0 saturated carbocycles. The van der Waals surface area contributed by atoms with Crippen molar-refractivity contribution in [3.05, 3.63) is 84.9 Å². The summed E-state index contributed by atoms with van der Waals surface area (Å²) < 4.78 is 20.7. The van der Waals surface area contributed by atoms with E-state index >= 15 is 0 Å². The number of carbonyl (C=O) groups is 1. The molecule has 6 nitrogen and oxygen atoms in total. The summed E-state index contributed by atoms with van der Waals surface area (Å²) in [5.41, 5.74) is 0.753. The predicted molar refractivity (Wildman–Crippen MR) is 112 cm³/mol. The van der Waals surface area contributed by atoms with Crippen LogP contribution < -0.4 is 10.3 Å². The molecule has 0 spiro atoms. The van der Waals surface area contributed by atoms with Gasteiger partial charge in [0.15, 0.2) is 5.43 Å². The zero-order valence-electron chi connectivity index (χ0n) is 15.8. The molecule has 0 radical (unpaired) electrons. The molecule has 1 aliphatic rings. The van der Waals surface area contributed by atoms with Crippen LogP contribution in [0, 0.1) is 19.7 Å². The molecular weight excluding hydrogens is 429 g/mol. The second kappa shape index (κ2) is 6.72. The van der Waals surface area contributed by atoms with Gasteiger partial charge in [-0.1, -0.05) is 41.1 Å². The van der Waals surface area contributed by atoms with Crippen molar-refractivity contribution in [2.24, 2.45) is 0 Å². The highest BCUT2D eigenvalue weighted by Crippen LogP contribution is 2.42. The van der Waals surface area contributed by atoms with E-state index < -0.39 is 23.2 Å². The third kappa shape index (κ3) is 2.68. The van der Waals surface area contributed by atoms with Gasteiger partial charge in [0.1, 0.15) is 22.4 Å². The minimum atomic E-state index is -1.03. The number of anilines is 1. The molecule has 0 saturated heterocycles. The van der Waals surface area contributed by atoms with E-state index in [0.717, 1.165) is 0 Å². The minimum Gasteiger partial charge on any atom is -0.450 e. The van der Waals surface area contributed by atoms with Crippen LogP contribution in [0.2, 0.25) is 5.02 Å². The lowest BCUT2D eigenvalue weighted by Crippen LogP contribution is -2.30. The number of hydrogen-bond acceptors (Lipinski definition) is 6. The fourth-order valence-corrected chi connectivity index (χ4v) is 4.54. The molecule has 2 aromatic heterocycles. The van der Waals surface area contributed by atoms with Gasteiger partial charge in [-0.2, -0.15) is 0 Å². The van der Waals surface area contributed by atoms with Crippen molar-refractivity contribution in [1.29, 1.82) is 0 Å². The number of amides is 1. The Kier molecular flexibility index (Phi) is 4.23. The van der Waals surface area contributed by atoms with Gasteiger partial charge >= 0.3 is 0 Å². The molecule has 4 aromatic rings. The number of aromatic nitrogens is 2. The van der Waals surface area contributed by atoms with Crippen LogP contribution in [0.4, 0.5) is 9.52 Å². The molecule has 0 bridgehead atoms. The molecule has 0 fully saturated rings. The Labute approximate surface area is 178 Å². The first-order valence-corrected chi connectivity index (χ1v) is 10.2. The van der Waals surface area contributed by atoms with Gasteiger partial charge < -0.3 is 4.42 Å². The van der Waals surface area contributed by atoms with E-state index in [1.807, 2.05) is 0 Å². The van der Waals surface area contributed by atoms with Gasteiger partial charge in [0.25, 0.3) is 5.91 Å². The number of halogens is 2. The molecule has 150 valence electrons. The van der Waals surface area contributed by atoms with Gasteiger partial charge in [0.2, 0.25) is 10.9 Å². The Hall–Kier alpha value is -3.10. The van der Waals surface area contributed by atoms with Crippen LogP contribution in [0.3, 0.4) is 0 Å². The zero-order valence-corrected chi connectivity index (χ0v) is 17.3. The highest BCUT2D eigenvalue weighted by Gasteiger charge is 2.46. The summed E-state index contributed by atoms with van der Waals surface area (Å²) in [6, 6.07) is 8.11. The normalized spacial score (nSPS) is 15.8. The number of hydrogen-bond donors (Lipinski definition) is 0. The number of benzene rings is 2. The number of rotatable bonds is 2. The van der Waals surface area contributed by atoms with Crippen molar-refractivity contribution in [2.45, 2.75) is 19.9 Å². The van der Waals surface area contributed by atoms with E-state index in [1.165, 1.54) is 34.4 Å². The summed E-state index contributed by atoms with van der Waals surface area (Å²) in [6.07, 6.45) is 0. The van der Waals surface area contributed by atoms with Gasteiger partial charge in [0, 0.05) is 10.6 Å². The Morgan fingerprint density at radius 1 is 1.17 bits per heavy atom. The first kappa shape index (κ1) is 18.9. The summed E-state index contributed by atoms with van der Waals surface area (Å²) in [5.74, 6) is -1.24. The van der Waals surface area contributed by atoms with Gasteiger partial charge in [-0.25, -0.2) is 4.39 Å². The average Bonchev–Trinajstić information content (AvgIpc) is 3.25. The molecule has 1 atom stereocenters. The molecule has 30 heavy (non-hydrogen) atoms. The van der Waals surface area contributed by atoms with Gasteiger partial charge in [-0.15, -0.1) is 10.2 Å². The van der Waals surface area contributed by atoms with Crippen molar-refractivity contribution in [1.82, 2.24) is 10.2 Å². The monoisotopic (exact) mass is 441 g/mol. The maximum absolute atomic E-state index is 14.8. The van der Waals surface area contributed by atoms with E-state index in [4.69, 9.17) is 16.0 Å². The molecule has 3 heterocycles. The van der Waals surface area contributed by atoms with Gasteiger partial charge in [-0.05, 0) is 37.6 Å². The second-order valence-electron chi connectivity index (χ2n) is 6.97. The van der Waals surface area contributed by atoms with Crippen molar-refractivity contribution in [2.75, 3.05) is 4.90 Å². The minimum absolute atomic E-state index is 0.0605. The van der Waals surface area contributed by atoms with Gasteiger partial charge in [-0.3, -0.25) is 14.5 Å². The topological polar surface area (TPSA) is 76.3 Å². The summed E-state index contributed by atoms with van der Waals surface area (Å²) in [5, 5.41) is 9.54. The van der Waals surface area contributed by atoms with Gasteiger partial charge in [0.05, 0.1) is 10.9 Å². The molecular formula is C21H13ClFN3O3S. The average molecular weight is 442 g/mol. The van der Waals surface area contributed by atoms with Crippen LogP contribution >= 0.6 is 22.9 Å². The number of carbonyl (C=O) groups excluding carboxylic acids is 1. The summed E-state index contributed by atoms with van der Waals surface area (Å²) >= 11 is 7.38. The molecule has 5 rings (SSSR count). The van der Waals surface area contributed by atoms with Crippen molar-refractivity contribution in [3.8, 4) is 0 Å². The van der Waals surface area contributed by atoms with Crippen LogP contribution in [0.5, 0.6) is 0 Å². The number of aryl methyl sites for hydroxylation is 2. The first-order chi connectivity index (χ1) is 14.4. The van der Waals surface area contributed by atoms with Crippen molar-refractivity contribution in [3.63, 3.8) is 0 Å². The van der Waals surface area contributed by atoms with E-state index in [0.29, 0.717) is 15.6 Å². The van der Waals surface area contributed by atoms with Crippen LogP contribution in [-0.2, 0) is 0 Å². The van der Waals surface area contributed by atoms with Crippen LogP contribution in [0.1, 0.15) is 38.3 Å². The quantitative estimate of drug-likeness (QED) is 0.446. The Morgan fingerprint density at radius 3 is 2.63 bits per heavy atom. The Morgan fingerprint density at radius 2 is 1.93 bits per heavy atom. The lowest BCUT2D eigenvalue weighted by molar-refractivity contribution is 0.0970. The third-order valence-corrected chi connectivity index (χ3v) is 6.32. The van der Waals surface area contributed by atoms with E-state index in [-0.39, 0.29) is 33.0 Å². The number of fused-ring (bicyclic) bond motifs is 2. The standard InChI is InChI=1S/C21H13ClFN3O3S/c1-9-7-15-12(8-13(9)22)18(27)16-17(11-5-3-4-6-14(11)23)26(20(28)19(16)29-15)21-25-24-10(2)30-21/h3-8,17H,1-2H3. The maximum atomic E-state index is 14.8. The second-order valence-corrected chi connectivity index (χ2v) is 8.54. The highest BCUT2D eigenvalue weighted by molar-refractivity contribution is 7.15. The molecule has 1 unspecified atom stereocenters. The van der Waals surface area contributed by atoms with Crippen molar-refractivity contribution >= 4 is 44.9 Å². The van der Waals surface area contributed by atoms with E-state index in [2.05, 4.69) is 10.2 Å². The Balaban J connectivity index is 1.86. The third-order valence-electron chi connectivity index (χ3n) is 5.07. The maximum Gasteiger partial charge on any atom is 0.297 e. The molecule has 2 aromatic carbocycles. The highest BCUT2D eigenvalue weighted by atomic mass is 35.5. The molecule has 0 aliphatic carbocycles. The van der Waals surface area contributed by atoms with E-state index in [9.17, 15) is 14.0 Å². The van der Waals surface area contributed by atoms with Crippen molar-refractivity contribution < 1.29 is 13.6 Å². The Bertz CT molecular complexity index is 1410. The largest absolute Gasteiger partial charge is 0.450 e. The van der Waals surface area contributed by atoms with Crippen LogP contribution in [0.25, 0.3) is 11.0 Å². The number of nitrogens with zero attached hydrogens (tertiary/aromatic N) is 3. The fraction of sp³-hybridized carbons (Fsp3) is 0.143. The lowest BCUT2D eigenvalue weighted by Gasteiger charge is -2.22. The molecule has 1 aliphatic heterocycles. The SMILES string of the molecule is Cc1nnc(N2C(=O)c3oc4cc(C)c(Cl)cc4c(=O)c3C2c2ccccc2F)s1. The summed E-state index contributed by atoms with van der Waals surface area (Å²) in [6.45, 7) is 3.52. The molecule has 1 amide bonds. The fourth-order valence-electron chi connectivity index (χ4n) is 3.67. The summed E-state index contributed by atoms with van der Waals surface area (Å²) in [4.78, 5) is 28.1. The summed E-state index contributed by atoms with van der Waals surface area (Å²) in [7, 11) is 0. The molecule has 0 N–H and O–H groups in total. The van der Waals surface area contributed by atoms with Crippen LogP contribution in [-0.4, -0.2) is 16.1 Å². The first-order valence-electron chi connectivity index (χ1n) is 9.01. The smallest absolute Gasteiger partial charge is 0.297 e. The zero-order chi connectivity index (χ0) is 21.2. The van der Waals surface area contributed by atoms with E-state index in [1.54, 1.807) is 32.0 Å². The molecule has 9 heteroatoms.